The fraction of sp³-hybridized carbons (Fsp3) is 0.312. The molecule has 1 N–H and O–H groups in total. The zero-order valence-electron chi connectivity index (χ0n) is 12.8. The van der Waals surface area contributed by atoms with Crippen LogP contribution in [0.2, 0.25) is 0 Å². The lowest BCUT2D eigenvalue weighted by Gasteiger charge is -2.12. The number of nitrogens with one attached hydrogen (secondary N) is 1. The molecule has 1 amide bonds. The van der Waals surface area contributed by atoms with E-state index in [1.165, 1.54) is 6.92 Å². The number of amides is 1. The van der Waals surface area contributed by atoms with Crippen LogP contribution in [-0.2, 0) is 6.18 Å². The highest BCUT2D eigenvalue weighted by atomic mass is 19.4. The molecule has 0 saturated carbocycles. The second-order valence-electron chi connectivity index (χ2n) is 5.18. The first kappa shape index (κ1) is 16.9. The normalized spacial score (nSPS) is 11.6. The van der Waals surface area contributed by atoms with Crippen LogP contribution >= 0.6 is 0 Å². The van der Waals surface area contributed by atoms with E-state index in [2.05, 4.69) is 5.32 Å². The first-order valence-corrected chi connectivity index (χ1v) is 6.93. The zero-order valence-corrected chi connectivity index (χ0v) is 12.8. The first-order chi connectivity index (χ1) is 10.7. The highest BCUT2D eigenvalue weighted by Gasteiger charge is 2.43. The average molecular weight is 327 g/mol. The van der Waals surface area contributed by atoms with E-state index in [4.69, 9.17) is 9.15 Å². The number of para-hydroxylation sites is 1. The predicted octanol–water partition coefficient (Wildman–Crippen LogP) is 4.65. The maximum atomic E-state index is 13.1. The third kappa shape index (κ3) is 3.85. The number of alkyl halides is 3. The van der Waals surface area contributed by atoms with Gasteiger partial charge < -0.3 is 14.5 Å². The van der Waals surface area contributed by atoms with Gasteiger partial charge in [-0.1, -0.05) is 18.2 Å². The number of halogens is 3. The third-order valence-corrected chi connectivity index (χ3v) is 2.90. The van der Waals surface area contributed by atoms with Gasteiger partial charge in [-0.05, 0) is 32.9 Å². The van der Waals surface area contributed by atoms with E-state index in [0.717, 1.165) is 0 Å². The van der Waals surface area contributed by atoms with Gasteiger partial charge in [-0.2, -0.15) is 13.2 Å². The molecule has 1 aromatic carbocycles. The number of furan rings is 1. The van der Waals surface area contributed by atoms with Gasteiger partial charge >= 0.3 is 6.18 Å². The topological polar surface area (TPSA) is 51.5 Å². The SMILES string of the molecule is Cc1oc(C(F)(F)F)c(C(=O)Nc2ccccc2)c1OC(C)C. The number of hydrogen-bond acceptors (Lipinski definition) is 3. The van der Waals surface area contributed by atoms with Crippen molar-refractivity contribution in [2.75, 3.05) is 5.32 Å². The molecule has 0 aliphatic heterocycles. The Morgan fingerprint density at radius 3 is 2.35 bits per heavy atom. The van der Waals surface area contributed by atoms with E-state index in [1.807, 2.05) is 0 Å². The van der Waals surface area contributed by atoms with Crippen molar-refractivity contribution in [2.24, 2.45) is 0 Å². The van der Waals surface area contributed by atoms with Crippen molar-refractivity contribution in [1.29, 1.82) is 0 Å². The molecule has 0 fully saturated rings. The number of aryl methyl sites for hydroxylation is 1. The number of ether oxygens (including phenoxy) is 1. The Labute approximate surface area is 131 Å². The van der Waals surface area contributed by atoms with Crippen molar-refractivity contribution in [3.8, 4) is 5.75 Å². The molecule has 1 aromatic heterocycles. The maximum absolute atomic E-state index is 13.1. The van der Waals surface area contributed by atoms with E-state index in [1.54, 1.807) is 44.2 Å². The summed E-state index contributed by atoms with van der Waals surface area (Å²) in [6.45, 7) is 4.63. The van der Waals surface area contributed by atoms with E-state index in [0.29, 0.717) is 5.69 Å². The smallest absolute Gasteiger partial charge is 0.450 e. The number of benzene rings is 1. The third-order valence-electron chi connectivity index (χ3n) is 2.90. The molecule has 23 heavy (non-hydrogen) atoms. The molecule has 0 atom stereocenters. The monoisotopic (exact) mass is 327 g/mol. The maximum Gasteiger partial charge on any atom is 0.450 e. The minimum absolute atomic E-state index is 0.0933. The Morgan fingerprint density at radius 1 is 1.22 bits per heavy atom. The molecule has 4 nitrogen and oxygen atoms in total. The molecular formula is C16H16F3NO3. The molecular weight excluding hydrogens is 311 g/mol. The zero-order chi connectivity index (χ0) is 17.2. The van der Waals surface area contributed by atoms with Gasteiger partial charge in [0, 0.05) is 5.69 Å². The molecule has 2 rings (SSSR count). The molecule has 7 heteroatoms. The van der Waals surface area contributed by atoms with Crippen molar-refractivity contribution in [3.05, 3.63) is 47.4 Å². The van der Waals surface area contributed by atoms with Crippen molar-refractivity contribution < 1.29 is 27.1 Å². The fourth-order valence-corrected chi connectivity index (χ4v) is 2.03. The Kier molecular flexibility index (Phi) is 4.68. The van der Waals surface area contributed by atoms with Crippen LogP contribution in [0.4, 0.5) is 18.9 Å². The highest BCUT2D eigenvalue weighted by molar-refractivity contribution is 6.07. The van der Waals surface area contributed by atoms with Crippen LogP contribution in [0.25, 0.3) is 0 Å². The summed E-state index contributed by atoms with van der Waals surface area (Å²) in [6.07, 6.45) is -5.21. The Balaban J connectivity index is 2.47. The first-order valence-electron chi connectivity index (χ1n) is 6.93. The minimum atomic E-state index is -4.80. The lowest BCUT2D eigenvalue weighted by molar-refractivity contribution is -0.153. The summed E-state index contributed by atoms with van der Waals surface area (Å²) in [5.74, 6) is -2.58. The van der Waals surface area contributed by atoms with Crippen molar-refractivity contribution in [2.45, 2.75) is 33.1 Å². The summed E-state index contributed by atoms with van der Waals surface area (Å²) in [4.78, 5) is 12.3. The lowest BCUT2D eigenvalue weighted by Crippen LogP contribution is -2.19. The number of carbonyl (C=O) groups is 1. The van der Waals surface area contributed by atoms with Gasteiger partial charge in [0.25, 0.3) is 5.91 Å². The minimum Gasteiger partial charge on any atom is -0.486 e. The molecule has 0 unspecified atom stereocenters. The van der Waals surface area contributed by atoms with E-state index in [-0.39, 0.29) is 11.5 Å². The van der Waals surface area contributed by atoms with Gasteiger partial charge in [-0.15, -0.1) is 0 Å². The molecule has 124 valence electrons. The van der Waals surface area contributed by atoms with E-state index >= 15 is 0 Å². The number of rotatable bonds is 4. The van der Waals surface area contributed by atoms with Gasteiger partial charge in [-0.25, -0.2) is 0 Å². The molecule has 0 aliphatic carbocycles. The lowest BCUT2D eigenvalue weighted by atomic mass is 10.2. The van der Waals surface area contributed by atoms with Crippen molar-refractivity contribution in [1.82, 2.24) is 0 Å². The summed E-state index contributed by atoms with van der Waals surface area (Å²) >= 11 is 0. The van der Waals surface area contributed by atoms with Crippen LogP contribution in [0, 0.1) is 6.92 Å². The van der Waals surface area contributed by atoms with Gasteiger partial charge in [0.05, 0.1) is 6.10 Å². The number of carbonyl (C=O) groups excluding carboxylic acids is 1. The Hall–Kier alpha value is -2.44. The van der Waals surface area contributed by atoms with E-state index < -0.39 is 29.5 Å². The van der Waals surface area contributed by atoms with Crippen LogP contribution in [0.5, 0.6) is 5.75 Å². The second kappa shape index (κ2) is 6.36. The molecule has 0 bridgehead atoms. The largest absolute Gasteiger partial charge is 0.486 e. The van der Waals surface area contributed by atoms with Crippen LogP contribution in [-0.4, -0.2) is 12.0 Å². The summed E-state index contributed by atoms with van der Waals surface area (Å²) in [5.41, 5.74) is -0.271. The highest BCUT2D eigenvalue weighted by Crippen LogP contribution is 2.41. The van der Waals surface area contributed by atoms with Crippen LogP contribution in [0.1, 0.15) is 35.7 Å². The van der Waals surface area contributed by atoms with Crippen LogP contribution < -0.4 is 10.1 Å². The summed E-state index contributed by atoms with van der Waals surface area (Å²) in [6, 6.07) is 8.19. The van der Waals surface area contributed by atoms with Crippen LogP contribution in [0.3, 0.4) is 0 Å². The van der Waals surface area contributed by atoms with Crippen molar-refractivity contribution >= 4 is 11.6 Å². The van der Waals surface area contributed by atoms with Gasteiger partial charge in [0.15, 0.2) is 5.75 Å². The quantitative estimate of drug-likeness (QED) is 0.889. The summed E-state index contributed by atoms with van der Waals surface area (Å²) in [5, 5.41) is 2.42. The second-order valence-corrected chi connectivity index (χ2v) is 5.18. The summed E-state index contributed by atoms with van der Waals surface area (Å²) < 4.78 is 49.6. The predicted molar refractivity (Wildman–Crippen MR) is 78.6 cm³/mol. The molecule has 2 aromatic rings. The Bertz CT molecular complexity index is 691. The number of hydrogen-bond donors (Lipinski definition) is 1. The van der Waals surface area contributed by atoms with Gasteiger partial charge in [-0.3, -0.25) is 4.79 Å². The molecule has 0 radical (unpaired) electrons. The fourth-order valence-electron chi connectivity index (χ4n) is 2.03. The number of anilines is 1. The molecule has 0 saturated heterocycles. The molecule has 0 aliphatic rings. The molecule has 0 spiro atoms. The Morgan fingerprint density at radius 2 is 1.83 bits per heavy atom. The standard InChI is InChI=1S/C16H16F3NO3/c1-9(2)22-13-10(3)23-14(16(17,18)19)12(13)15(21)20-11-7-5-4-6-8-11/h4-9H,1-3H3,(H,20,21). The van der Waals surface area contributed by atoms with Gasteiger partial charge in [0.2, 0.25) is 5.76 Å². The molecule has 1 heterocycles. The van der Waals surface area contributed by atoms with Gasteiger partial charge in [0.1, 0.15) is 11.3 Å². The van der Waals surface area contributed by atoms with Crippen LogP contribution in [0.15, 0.2) is 34.7 Å². The average Bonchev–Trinajstić information content (AvgIpc) is 2.76. The van der Waals surface area contributed by atoms with E-state index in [9.17, 15) is 18.0 Å². The van der Waals surface area contributed by atoms with Crippen molar-refractivity contribution in [3.63, 3.8) is 0 Å². The summed E-state index contributed by atoms with van der Waals surface area (Å²) in [7, 11) is 0.